The number of benzene rings is 1. The monoisotopic (exact) mass is 272 g/mol. The fraction of sp³-hybridized carbons (Fsp3) is 0.467. The fourth-order valence-corrected chi connectivity index (χ4v) is 2.69. The van der Waals surface area contributed by atoms with E-state index < -0.39 is 0 Å². The second kappa shape index (κ2) is 5.25. The van der Waals surface area contributed by atoms with Gasteiger partial charge in [0.05, 0.1) is 11.0 Å². The number of aromatic nitrogens is 2. The Bertz CT molecular complexity index is 611. The van der Waals surface area contributed by atoms with Crippen LogP contribution in [0.2, 0.25) is 0 Å². The first-order chi connectivity index (χ1) is 9.66. The highest BCUT2D eigenvalue weighted by atomic mass is 16.2. The highest BCUT2D eigenvalue weighted by Crippen LogP contribution is 2.14. The molecule has 0 bridgehead atoms. The molecule has 3 rings (SSSR count). The summed E-state index contributed by atoms with van der Waals surface area (Å²) in [6.45, 7) is 7.83. The Labute approximate surface area is 118 Å². The van der Waals surface area contributed by atoms with E-state index >= 15 is 0 Å². The summed E-state index contributed by atoms with van der Waals surface area (Å²) in [4.78, 5) is 21.2. The average Bonchev–Trinajstić information content (AvgIpc) is 2.90. The third-order valence-corrected chi connectivity index (χ3v) is 3.97. The quantitative estimate of drug-likeness (QED) is 0.797. The lowest BCUT2D eigenvalue weighted by molar-refractivity contribution is 0.120. The summed E-state index contributed by atoms with van der Waals surface area (Å²) < 4.78 is 1.65. The van der Waals surface area contributed by atoms with Crippen LogP contribution in [-0.4, -0.2) is 57.6 Å². The molecule has 0 N–H and O–H groups in total. The van der Waals surface area contributed by atoms with Crippen LogP contribution in [0.4, 0.5) is 4.79 Å². The van der Waals surface area contributed by atoms with Crippen molar-refractivity contribution in [3.63, 3.8) is 0 Å². The zero-order chi connectivity index (χ0) is 14.1. The molecule has 1 aliphatic heterocycles. The van der Waals surface area contributed by atoms with Gasteiger partial charge in [-0.3, -0.25) is 9.47 Å². The molecule has 5 heteroatoms. The van der Waals surface area contributed by atoms with E-state index in [2.05, 4.69) is 23.7 Å². The second-order valence-corrected chi connectivity index (χ2v) is 5.50. The molecule has 2 heterocycles. The third-order valence-electron chi connectivity index (χ3n) is 3.97. The zero-order valence-corrected chi connectivity index (χ0v) is 12.0. The summed E-state index contributed by atoms with van der Waals surface area (Å²) in [5.41, 5.74) is 1.74. The lowest BCUT2D eigenvalue weighted by atomic mass is 10.2. The molecule has 0 saturated carbocycles. The lowest BCUT2D eigenvalue weighted by Gasteiger charge is -2.36. The third kappa shape index (κ3) is 2.29. The zero-order valence-electron chi connectivity index (χ0n) is 12.0. The molecule has 0 unspecified atom stereocenters. The van der Waals surface area contributed by atoms with Gasteiger partial charge >= 0.3 is 6.03 Å². The number of rotatable bonds is 1. The molecule has 0 aliphatic carbocycles. The maximum atomic E-state index is 12.6. The van der Waals surface area contributed by atoms with E-state index in [4.69, 9.17) is 0 Å². The van der Waals surface area contributed by atoms with Crippen LogP contribution in [0.1, 0.15) is 13.8 Å². The molecule has 1 aromatic heterocycles. The predicted molar refractivity (Wildman–Crippen MR) is 78.8 cm³/mol. The first kappa shape index (κ1) is 13.1. The van der Waals surface area contributed by atoms with Crippen molar-refractivity contribution in [3.8, 4) is 0 Å². The smallest absolute Gasteiger partial charge is 0.321 e. The highest BCUT2D eigenvalue weighted by Gasteiger charge is 2.24. The minimum atomic E-state index is 0.0297. The largest absolute Gasteiger partial charge is 0.330 e. The summed E-state index contributed by atoms with van der Waals surface area (Å²) in [5, 5.41) is 0. The number of hydrogen-bond acceptors (Lipinski definition) is 3. The molecule has 1 fully saturated rings. The minimum Gasteiger partial charge on any atom is -0.321 e. The molecule has 0 radical (unpaired) electrons. The van der Waals surface area contributed by atoms with Gasteiger partial charge in [-0.2, -0.15) is 0 Å². The van der Waals surface area contributed by atoms with Gasteiger partial charge in [-0.1, -0.05) is 12.1 Å². The Morgan fingerprint density at radius 1 is 1.15 bits per heavy atom. The maximum absolute atomic E-state index is 12.6. The van der Waals surface area contributed by atoms with E-state index in [1.165, 1.54) is 0 Å². The van der Waals surface area contributed by atoms with Gasteiger partial charge in [0.1, 0.15) is 6.33 Å². The molecule has 0 atom stereocenters. The van der Waals surface area contributed by atoms with Crippen LogP contribution >= 0.6 is 0 Å². The van der Waals surface area contributed by atoms with E-state index in [1.54, 1.807) is 10.9 Å². The molecule has 1 aromatic carbocycles. The number of hydrogen-bond donors (Lipinski definition) is 0. The second-order valence-electron chi connectivity index (χ2n) is 5.50. The van der Waals surface area contributed by atoms with Crippen LogP contribution in [0, 0.1) is 0 Å². The number of carbonyl (C=O) groups is 1. The first-order valence-corrected chi connectivity index (χ1v) is 7.12. The molecular formula is C15H20N4O. The lowest BCUT2D eigenvalue weighted by Crippen LogP contribution is -2.51. The fourth-order valence-electron chi connectivity index (χ4n) is 2.69. The molecule has 106 valence electrons. The van der Waals surface area contributed by atoms with Gasteiger partial charge in [0.2, 0.25) is 0 Å². The van der Waals surface area contributed by atoms with E-state index in [1.807, 2.05) is 29.2 Å². The van der Waals surface area contributed by atoms with E-state index in [9.17, 15) is 4.79 Å². The number of carbonyl (C=O) groups excluding carboxylic acids is 1. The van der Waals surface area contributed by atoms with Crippen LogP contribution in [-0.2, 0) is 0 Å². The molecule has 1 aliphatic rings. The van der Waals surface area contributed by atoms with Crippen LogP contribution in [0.15, 0.2) is 30.6 Å². The summed E-state index contributed by atoms with van der Waals surface area (Å²) in [7, 11) is 0. The van der Waals surface area contributed by atoms with Crippen molar-refractivity contribution in [1.29, 1.82) is 0 Å². The van der Waals surface area contributed by atoms with Crippen molar-refractivity contribution in [3.05, 3.63) is 30.6 Å². The number of fused-ring (bicyclic) bond motifs is 1. The number of imidazole rings is 1. The molecule has 0 spiro atoms. The molecule has 2 aromatic rings. The van der Waals surface area contributed by atoms with Crippen molar-refractivity contribution in [2.45, 2.75) is 19.9 Å². The van der Waals surface area contributed by atoms with E-state index in [0.29, 0.717) is 6.04 Å². The molecule has 1 saturated heterocycles. The molecular weight excluding hydrogens is 252 g/mol. The van der Waals surface area contributed by atoms with Crippen LogP contribution in [0.3, 0.4) is 0 Å². The van der Waals surface area contributed by atoms with Gasteiger partial charge < -0.3 is 4.90 Å². The molecule has 1 amide bonds. The Hall–Kier alpha value is -1.88. The van der Waals surface area contributed by atoms with Crippen molar-refractivity contribution in [2.75, 3.05) is 26.2 Å². The van der Waals surface area contributed by atoms with E-state index in [0.717, 1.165) is 37.2 Å². The van der Waals surface area contributed by atoms with Crippen LogP contribution in [0.5, 0.6) is 0 Å². The molecule has 5 nitrogen and oxygen atoms in total. The normalized spacial score (nSPS) is 17.1. The average molecular weight is 272 g/mol. The van der Waals surface area contributed by atoms with Crippen LogP contribution < -0.4 is 0 Å². The first-order valence-electron chi connectivity index (χ1n) is 7.12. The SMILES string of the molecule is CC(C)N1CCN(C(=O)n2cnc3ccccc32)CC1. The van der Waals surface area contributed by atoms with Gasteiger partial charge in [0.15, 0.2) is 0 Å². The van der Waals surface area contributed by atoms with Crippen molar-refractivity contribution >= 4 is 17.1 Å². The van der Waals surface area contributed by atoms with Gasteiger partial charge in [-0.25, -0.2) is 9.78 Å². The molecule has 20 heavy (non-hydrogen) atoms. The summed E-state index contributed by atoms with van der Waals surface area (Å²) in [6, 6.07) is 8.31. The van der Waals surface area contributed by atoms with Gasteiger partial charge in [0, 0.05) is 32.2 Å². The Morgan fingerprint density at radius 3 is 2.55 bits per heavy atom. The van der Waals surface area contributed by atoms with Crippen molar-refractivity contribution in [1.82, 2.24) is 19.4 Å². The summed E-state index contributed by atoms with van der Waals surface area (Å²) >= 11 is 0. The number of amides is 1. The Kier molecular flexibility index (Phi) is 3.44. The minimum absolute atomic E-state index is 0.0297. The topological polar surface area (TPSA) is 41.4 Å². The Balaban J connectivity index is 1.77. The predicted octanol–water partition coefficient (Wildman–Crippen LogP) is 2.03. The summed E-state index contributed by atoms with van der Waals surface area (Å²) in [5.74, 6) is 0. The van der Waals surface area contributed by atoms with Gasteiger partial charge in [0.25, 0.3) is 0 Å². The summed E-state index contributed by atoms with van der Waals surface area (Å²) in [6.07, 6.45) is 1.63. The maximum Gasteiger partial charge on any atom is 0.330 e. The van der Waals surface area contributed by atoms with Crippen molar-refractivity contribution < 1.29 is 4.79 Å². The van der Waals surface area contributed by atoms with Gasteiger partial charge in [-0.15, -0.1) is 0 Å². The standard InChI is InChI=1S/C15H20N4O/c1-12(2)17-7-9-18(10-8-17)15(20)19-11-16-13-5-3-4-6-14(13)19/h3-6,11-12H,7-10H2,1-2H3. The Morgan fingerprint density at radius 2 is 1.85 bits per heavy atom. The van der Waals surface area contributed by atoms with E-state index in [-0.39, 0.29) is 6.03 Å². The number of piperazine rings is 1. The van der Waals surface area contributed by atoms with Crippen molar-refractivity contribution in [2.24, 2.45) is 0 Å². The van der Waals surface area contributed by atoms with Crippen LogP contribution in [0.25, 0.3) is 11.0 Å². The number of para-hydroxylation sites is 2. The van der Waals surface area contributed by atoms with Gasteiger partial charge in [-0.05, 0) is 26.0 Å². The number of nitrogens with zero attached hydrogens (tertiary/aromatic N) is 4. The highest BCUT2D eigenvalue weighted by molar-refractivity contribution is 5.89.